The molecule has 0 saturated carbocycles. The highest BCUT2D eigenvalue weighted by atomic mass is 19.1. The number of carbonyl (C=O) groups is 2. The average molecular weight is 389 g/mol. The zero-order valence-corrected chi connectivity index (χ0v) is 15.7. The Kier molecular flexibility index (Phi) is 4.80. The molecular formula is C24H17F2NO2. The van der Waals surface area contributed by atoms with Crippen molar-refractivity contribution in [2.24, 2.45) is 0 Å². The fraction of sp³-hybridized carbons (Fsp3) is 0.0833. The van der Waals surface area contributed by atoms with Crippen molar-refractivity contribution >= 4 is 17.4 Å². The number of amides is 2. The topological polar surface area (TPSA) is 37.4 Å². The van der Waals surface area contributed by atoms with Gasteiger partial charge >= 0.3 is 0 Å². The summed E-state index contributed by atoms with van der Waals surface area (Å²) in [5, 5.41) is 0. The van der Waals surface area contributed by atoms with Crippen LogP contribution in [0.5, 0.6) is 0 Å². The SMILES string of the molecule is CC(=CCN1C(=O)c2ccccc2C1=O)c1ccc(-c2ccc(F)cc2F)cc1. The van der Waals surface area contributed by atoms with Gasteiger partial charge in [0.25, 0.3) is 11.8 Å². The second-order valence-corrected chi connectivity index (χ2v) is 6.86. The number of hydrogen-bond acceptors (Lipinski definition) is 2. The molecule has 29 heavy (non-hydrogen) atoms. The summed E-state index contributed by atoms with van der Waals surface area (Å²) in [5.74, 6) is -1.82. The largest absolute Gasteiger partial charge is 0.270 e. The normalized spacial score (nSPS) is 13.8. The van der Waals surface area contributed by atoms with Crippen molar-refractivity contribution < 1.29 is 18.4 Å². The van der Waals surface area contributed by atoms with E-state index in [9.17, 15) is 18.4 Å². The van der Waals surface area contributed by atoms with Gasteiger partial charge in [0.2, 0.25) is 0 Å². The maximum atomic E-state index is 14.0. The number of halogens is 2. The van der Waals surface area contributed by atoms with E-state index in [2.05, 4.69) is 0 Å². The lowest BCUT2D eigenvalue weighted by molar-refractivity contribution is 0.0672. The van der Waals surface area contributed by atoms with Crippen molar-refractivity contribution in [1.29, 1.82) is 0 Å². The van der Waals surface area contributed by atoms with Crippen molar-refractivity contribution in [3.05, 3.63) is 101 Å². The summed E-state index contributed by atoms with van der Waals surface area (Å²) < 4.78 is 27.0. The molecule has 1 aliphatic heterocycles. The van der Waals surface area contributed by atoms with Gasteiger partial charge in [-0.2, -0.15) is 0 Å². The quantitative estimate of drug-likeness (QED) is 0.566. The summed E-state index contributed by atoms with van der Waals surface area (Å²) in [4.78, 5) is 26.1. The van der Waals surface area contributed by atoms with Gasteiger partial charge in [-0.3, -0.25) is 14.5 Å². The zero-order chi connectivity index (χ0) is 20.5. The van der Waals surface area contributed by atoms with E-state index in [0.717, 1.165) is 17.2 Å². The van der Waals surface area contributed by atoms with Crippen LogP contribution in [-0.2, 0) is 0 Å². The van der Waals surface area contributed by atoms with E-state index in [-0.39, 0.29) is 18.4 Å². The monoisotopic (exact) mass is 389 g/mol. The lowest BCUT2D eigenvalue weighted by atomic mass is 10.0. The second-order valence-electron chi connectivity index (χ2n) is 6.86. The summed E-state index contributed by atoms with van der Waals surface area (Å²) in [6, 6.07) is 17.4. The van der Waals surface area contributed by atoms with Crippen molar-refractivity contribution in [3.8, 4) is 11.1 Å². The van der Waals surface area contributed by atoms with Crippen molar-refractivity contribution in [2.75, 3.05) is 6.54 Å². The van der Waals surface area contributed by atoms with E-state index in [4.69, 9.17) is 0 Å². The third-order valence-corrected chi connectivity index (χ3v) is 5.04. The smallest absolute Gasteiger partial charge is 0.261 e. The molecule has 0 spiro atoms. The van der Waals surface area contributed by atoms with Crippen LogP contribution in [0, 0.1) is 11.6 Å². The average Bonchev–Trinajstić information content (AvgIpc) is 2.97. The Balaban J connectivity index is 1.51. The van der Waals surface area contributed by atoms with Crippen molar-refractivity contribution in [1.82, 2.24) is 4.90 Å². The van der Waals surface area contributed by atoms with Crippen molar-refractivity contribution in [2.45, 2.75) is 6.92 Å². The number of fused-ring (bicyclic) bond motifs is 1. The Morgan fingerprint density at radius 3 is 2.07 bits per heavy atom. The highest BCUT2D eigenvalue weighted by Crippen LogP contribution is 2.26. The third kappa shape index (κ3) is 3.47. The third-order valence-electron chi connectivity index (χ3n) is 5.04. The fourth-order valence-electron chi connectivity index (χ4n) is 3.39. The summed E-state index contributed by atoms with van der Waals surface area (Å²) >= 11 is 0. The van der Waals surface area contributed by atoms with E-state index in [1.165, 1.54) is 17.0 Å². The molecule has 0 radical (unpaired) electrons. The van der Waals surface area contributed by atoms with Crippen LogP contribution in [0.25, 0.3) is 16.7 Å². The van der Waals surface area contributed by atoms with Gasteiger partial charge in [-0.25, -0.2) is 8.78 Å². The Labute approximate surface area is 166 Å². The Hall–Kier alpha value is -3.60. The summed E-state index contributed by atoms with van der Waals surface area (Å²) in [7, 11) is 0. The van der Waals surface area contributed by atoms with Crippen LogP contribution in [0.15, 0.2) is 72.8 Å². The molecule has 0 atom stereocenters. The Morgan fingerprint density at radius 1 is 0.862 bits per heavy atom. The molecule has 0 aromatic heterocycles. The highest BCUT2D eigenvalue weighted by molar-refractivity contribution is 6.21. The number of rotatable bonds is 4. The van der Waals surface area contributed by atoms with Crippen LogP contribution in [0.3, 0.4) is 0 Å². The van der Waals surface area contributed by atoms with Crippen molar-refractivity contribution in [3.63, 3.8) is 0 Å². The number of carbonyl (C=O) groups excluding carboxylic acids is 2. The second kappa shape index (κ2) is 7.43. The molecule has 0 bridgehead atoms. The van der Waals surface area contributed by atoms with E-state index in [1.54, 1.807) is 36.4 Å². The van der Waals surface area contributed by atoms with Crippen LogP contribution >= 0.6 is 0 Å². The molecular weight excluding hydrogens is 372 g/mol. The van der Waals surface area contributed by atoms with E-state index in [0.29, 0.717) is 22.3 Å². The van der Waals surface area contributed by atoms with Gasteiger partial charge < -0.3 is 0 Å². The van der Waals surface area contributed by atoms with Crippen LogP contribution in [0.4, 0.5) is 8.78 Å². The van der Waals surface area contributed by atoms with Crippen LogP contribution in [0.2, 0.25) is 0 Å². The molecule has 3 aromatic rings. The highest BCUT2D eigenvalue weighted by Gasteiger charge is 2.34. The Morgan fingerprint density at radius 2 is 1.48 bits per heavy atom. The molecule has 3 aromatic carbocycles. The molecule has 2 amide bonds. The molecule has 3 nitrogen and oxygen atoms in total. The first-order valence-electron chi connectivity index (χ1n) is 9.13. The fourth-order valence-corrected chi connectivity index (χ4v) is 3.39. The van der Waals surface area contributed by atoms with Crippen LogP contribution in [0.1, 0.15) is 33.2 Å². The minimum Gasteiger partial charge on any atom is -0.270 e. The number of allylic oxidation sites excluding steroid dienone is 1. The molecule has 0 aliphatic carbocycles. The minimum absolute atomic E-state index is 0.173. The first kappa shape index (κ1) is 18.7. The van der Waals surface area contributed by atoms with Gasteiger partial charge in [-0.15, -0.1) is 0 Å². The van der Waals surface area contributed by atoms with Crippen LogP contribution < -0.4 is 0 Å². The standard InChI is InChI=1S/C24H17F2NO2/c1-15(12-13-27-23(28)20-4-2-3-5-21(20)24(27)29)16-6-8-17(9-7-16)19-11-10-18(25)14-22(19)26/h2-12,14H,13H2,1H3. The first-order chi connectivity index (χ1) is 14.0. The molecule has 1 heterocycles. The lowest BCUT2D eigenvalue weighted by Gasteiger charge is -2.12. The maximum Gasteiger partial charge on any atom is 0.261 e. The van der Waals surface area contributed by atoms with Gasteiger partial charge in [0.1, 0.15) is 11.6 Å². The first-order valence-corrected chi connectivity index (χ1v) is 9.13. The molecule has 4 rings (SSSR count). The van der Waals surface area contributed by atoms with Gasteiger partial charge in [-0.05, 0) is 47.9 Å². The molecule has 0 unspecified atom stereocenters. The maximum absolute atomic E-state index is 14.0. The molecule has 0 saturated heterocycles. The van der Waals surface area contributed by atoms with Gasteiger partial charge in [0.05, 0.1) is 11.1 Å². The molecule has 0 fully saturated rings. The number of hydrogen-bond donors (Lipinski definition) is 0. The van der Waals surface area contributed by atoms with Gasteiger partial charge in [0.15, 0.2) is 0 Å². The number of nitrogens with zero attached hydrogens (tertiary/aromatic N) is 1. The van der Waals surface area contributed by atoms with E-state index in [1.807, 2.05) is 25.1 Å². The predicted octanol–water partition coefficient (Wildman–Crippen LogP) is 5.33. The summed E-state index contributed by atoms with van der Waals surface area (Å²) in [6.45, 7) is 2.05. The molecule has 1 aliphatic rings. The molecule has 0 N–H and O–H groups in total. The summed E-state index contributed by atoms with van der Waals surface area (Å²) in [5.41, 5.74) is 3.58. The Bertz CT molecular complexity index is 1110. The summed E-state index contributed by atoms with van der Waals surface area (Å²) in [6.07, 6.45) is 1.81. The molecule has 5 heteroatoms. The van der Waals surface area contributed by atoms with Gasteiger partial charge in [-0.1, -0.05) is 42.5 Å². The van der Waals surface area contributed by atoms with Gasteiger partial charge in [0, 0.05) is 18.2 Å². The minimum atomic E-state index is -0.616. The molecule has 144 valence electrons. The van der Waals surface area contributed by atoms with E-state index >= 15 is 0 Å². The number of imide groups is 1. The predicted molar refractivity (Wildman–Crippen MR) is 107 cm³/mol. The lowest BCUT2D eigenvalue weighted by Crippen LogP contribution is -2.29. The van der Waals surface area contributed by atoms with E-state index < -0.39 is 11.6 Å². The van der Waals surface area contributed by atoms with Crippen LogP contribution in [-0.4, -0.2) is 23.3 Å². The zero-order valence-electron chi connectivity index (χ0n) is 15.7. The number of benzene rings is 3.